The summed E-state index contributed by atoms with van der Waals surface area (Å²) in [6.07, 6.45) is 4.07. The molecule has 6 nitrogen and oxygen atoms in total. The zero-order chi connectivity index (χ0) is 19.1. The van der Waals surface area contributed by atoms with Crippen LogP contribution in [0.3, 0.4) is 0 Å². The van der Waals surface area contributed by atoms with Crippen molar-refractivity contribution in [3.8, 4) is 11.5 Å². The third kappa shape index (κ3) is 3.30. The number of nitrogens with one attached hydrogen (secondary N) is 2. The molecule has 2 aromatic carbocycles. The van der Waals surface area contributed by atoms with Crippen molar-refractivity contribution in [2.75, 3.05) is 11.1 Å². The lowest BCUT2D eigenvalue weighted by Gasteiger charge is -2.21. The van der Waals surface area contributed by atoms with Gasteiger partial charge in [-0.1, -0.05) is 17.8 Å². The second kappa shape index (κ2) is 6.74. The van der Waals surface area contributed by atoms with Crippen LogP contribution < -0.4 is 14.8 Å². The summed E-state index contributed by atoms with van der Waals surface area (Å²) in [4.78, 5) is 20.1. The maximum atomic E-state index is 12.4. The van der Waals surface area contributed by atoms with Crippen LogP contribution in [-0.2, 0) is 4.79 Å². The number of hydrogen-bond acceptors (Lipinski definition) is 5. The molecule has 0 saturated heterocycles. The van der Waals surface area contributed by atoms with Crippen LogP contribution in [0.15, 0.2) is 41.6 Å². The Morgan fingerprint density at radius 3 is 2.86 bits per heavy atom. The van der Waals surface area contributed by atoms with Crippen LogP contribution in [0.25, 0.3) is 11.0 Å². The number of thioether (sulfide) groups is 1. The summed E-state index contributed by atoms with van der Waals surface area (Å²) >= 11 is 1.39. The summed E-state index contributed by atoms with van der Waals surface area (Å²) in [6.45, 7) is 2.04. The van der Waals surface area contributed by atoms with Crippen LogP contribution >= 0.6 is 11.8 Å². The van der Waals surface area contributed by atoms with E-state index in [9.17, 15) is 4.79 Å². The highest BCUT2D eigenvalue weighted by molar-refractivity contribution is 7.99. The van der Waals surface area contributed by atoms with Gasteiger partial charge in [0.1, 0.15) is 0 Å². The minimum absolute atomic E-state index is 0.0870. The number of aromatic amines is 1. The largest absolute Gasteiger partial charge is 0.448 e. The van der Waals surface area contributed by atoms with Crippen molar-refractivity contribution in [3.63, 3.8) is 0 Å². The van der Waals surface area contributed by atoms with Crippen LogP contribution in [0, 0.1) is 6.92 Å². The van der Waals surface area contributed by atoms with E-state index < -0.39 is 5.79 Å². The molecule has 1 aliphatic carbocycles. The molecular formula is C21H21N3O3S. The monoisotopic (exact) mass is 395 g/mol. The number of aromatic nitrogens is 2. The molecule has 28 heavy (non-hydrogen) atoms. The Bertz CT molecular complexity index is 1060. The fourth-order valence-electron chi connectivity index (χ4n) is 3.79. The van der Waals surface area contributed by atoms with Gasteiger partial charge < -0.3 is 19.8 Å². The van der Waals surface area contributed by atoms with Crippen molar-refractivity contribution in [1.29, 1.82) is 0 Å². The maximum absolute atomic E-state index is 12.4. The lowest BCUT2D eigenvalue weighted by Crippen LogP contribution is -2.34. The Labute approximate surface area is 167 Å². The van der Waals surface area contributed by atoms with E-state index in [1.165, 1.54) is 17.3 Å². The summed E-state index contributed by atoms with van der Waals surface area (Å²) in [5.74, 6) is 1.17. The third-order valence-electron chi connectivity index (χ3n) is 5.14. The van der Waals surface area contributed by atoms with Gasteiger partial charge in [-0.05, 0) is 49.6 Å². The molecule has 144 valence electrons. The molecule has 1 saturated carbocycles. The number of H-pyrrole nitrogens is 1. The van der Waals surface area contributed by atoms with Crippen molar-refractivity contribution in [2.24, 2.45) is 0 Å². The van der Waals surface area contributed by atoms with E-state index in [4.69, 9.17) is 9.47 Å². The number of imidazole rings is 1. The molecule has 2 N–H and O–H groups in total. The number of carbonyl (C=O) groups is 1. The second-order valence-corrected chi connectivity index (χ2v) is 8.35. The van der Waals surface area contributed by atoms with Gasteiger partial charge in [0.05, 0.1) is 16.8 Å². The molecule has 1 spiro atoms. The minimum atomic E-state index is -0.486. The van der Waals surface area contributed by atoms with Crippen molar-refractivity contribution in [2.45, 2.75) is 43.6 Å². The first kappa shape index (κ1) is 17.4. The van der Waals surface area contributed by atoms with Gasteiger partial charge in [-0.2, -0.15) is 0 Å². The number of amides is 1. The lowest BCUT2D eigenvalue weighted by molar-refractivity contribution is -0.113. The number of ether oxygens (including phenoxy) is 2. The van der Waals surface area contributed by atoms with Gasteiger partial charge in [0, 0.05) is 24.6 Å². The van der Waals surface area contributed by atoms with Crippen molar-refractivity contribution >= 4 is 34.4 Å². The zero-order valence-electron chi connectivity index (χ0n) is 15.6. The molecule has 0 unspecified atom stereocenters. The third-order valence-corrected chi connectivity index (χ3v) is 6.01. The number of anilines is 1. The van der Waals surface area contributed by atoms with Gasteiger partial charge in [0.25, 0.3) is 5.79 Å². The first-order valence-electron chi connectivity index (χ1n) is 9.50. The van der Waals surface area contributed by atoms with Gasteiger partial charge in [-0.3, -0.25) is 4.79 Å². The van der Waals surface area contributed by atoms with Crippen LogP contribution in [-0.4, -0.2) is 27.4 Å². The molecule has 1 aliphatic heterocycles. The number of rotatable bonds is 4. The first-order valence-corrected chi connectivity index (χ1v) is 10.5. The predicted molar refractivity (Wildman–Crippen MR) is 109 cm³/mol. The summed E-state index contributed by atoms with van der Waals surface area (Å²) in [5.41, 5.74) is 3.78. The molecule has 1 aromatic heterocycles. The number of carbonyl (C=O) groups excluding carboxylic acids is 1. The summed E-state index contributed by atoms with van der Waals surface area (Å²) < 4.78 is 12.1. The van der Waals surface area contributed by atoms with Crippen LogP contribution in [0.2, 0.25) is 0 Å². The molecule has 0 bridgehead atoms. The van der Waals surface area contributed by atoms with Crippen LogP contribution in [0.1, 0.15) is 31.2 Å². The van der Waals surface area contributed by atoms with Crippen LogP contribution in [0.4, 0.5) is 5.69 Å². The van der Waals surface area contributed by atoms with Crippen molar-refractivity contribution in [3.05, 3.63) is 42.0 Å². The van der Waals surface area contributed by atoms with E-state index in [0.717, 1.165) is 47.6 Å². The SMILES string of the molecule is Cc1ccc2nc(SCC(=O)Nc3ccc4c(c3)OC3(CCCC3)O4)[nH]c2c1. The molecular weight excluding hydrogens is 374 g/mol. The smallest absolute Gasteiger partial charge is 0.251 e. The molecule has 2 heterocycles. The molecule has 0 atom stereocenters. The molecule has 2 aliphatic rings. The maximum Gasteiger partial charge on any atom is 0.251 e. The number of benzene rings is 2. The van der Waals surface area contributed by atoms with Crippen molar-refractivity contribution < 1.29 is 14.3 Å². The Balaban J connectivity index is 1.21. The summed E-state index contributed by atoms with van der Waals surface area (Å²) in [6, 6.07) is 11.6. The minimum Gasteiger partial charge on any atom is -0.448 e. The number of hydrogen-bond donors (Lipinski definition) is 2. The topological polar surface area (TPSA) is 76.2 Å². The number of aryl methyl sites for hydroxylation is 1. The molecule has 1 amide bonds. The second-order valence-electron chi connectivity index (χ2n) is 7.38. The van der Waals surface area contributed by atoms with Gasteiger partial charge >= 0.3 is 0 Å². The zero-order valence-corrected chi connectivity index (χ0v) is 16.4. The average molecular weight is 395 g/mol. The van der Waals surface area contributed by atoms with Gasteiger partial charge in [-0.25, -0.2) is 4.98 Å². The predicted octanol–water partition coefficient (Wildman–Crippen LogP) is 4.64. The van der Waals surface area contributed by atoms with Crippen LogP contribution in [0.5, 0.6) is 11.5 Å². The summed E-state index contributed by atoms with van der Waals surface area (Å²) in [5, 5.41) is 3.67. The molecule has 5 rings (SSSR count). The van der Waals surface area contributed by atoms with E-state index >= 15 is 0 Å². The fraction of sp³-hybridized carbons (Fsp3) is 0.333. The van der Waals surface area contributed by atoms with Gasteiger partial charge in [-0.15, -0.1) is 0 Å². The van der Waals surface area contributed by atoms with E-state index in [0.29, 0.717) is 11.4 Å². The number of fused-ring (bicyclic) bond motifs is 2. The average Bonchev–Trinajstić information content (AvgIpc) is 3.37. The standard InChI is InChI=1S/C21H21N3O3S/c1-13-4-6-15-16(10-13)24-20(23-15)28-12-19(25)22-14-5-7-17-18(11-14)27-21(26-17)8-2-3-9-21/h4-7,10-11H,2-3,8-9,12H2,1H3,(H,22,25)(H,23,24). The Kier molecular flexibility index (Phi) is 4.19. The number of nitrogens with zero attached hydrogens (tertiary/aromatic N) is 1. The molecule has 0 radical (unpaired) electrons. The highest BCUT2D eigenvalue weighted by atomic mass is 32.2. The van der Waals surface area contributed by atoms with Crippen molar-refractivity contribution in [1.82, 2.24) is 9.97 Å². The van der Waals surface area contributed by atoms with E-state index in [1.54, 1.807) is 0 Å². The quantitative estimate of drug-likeness (QED) is 0.629. The summed E-state index contributed by atoms with van der Waals surface area (Å²) in [7, 11) is 0. The Hall–Kier alpha value is -2.67. The molecule has 1 fully saturated rings. The Morgan fingerprint density at radius 1 is 1.18 bits per heavy atom. The van der Waals surface area contributed by atoms with E-state index in [-0.39, 0.29) is 11.7 Å². The van der Waals surface area contributed by atoms with Gasteiger partial charge in [0.15, 0.2) is 16.7 Å². The van der Waals surface area contributed by atoms with E-state index in [2.05, 4.69) is 21.4 Å². The van der Waals surface area contributed by atoms with Gasteiger partial charge in [0.2, 0.25) is 5.91 Å². The molecule has 3 aromatic rings. The first-order chi connectivity index (χ1) is 13.6. The Morgan fingerprint density at radius 2 is 2.00 bits per heavy atom. The fourth-order valence-corrected chi connectivity index (χ4v) is 4.47. The highest BCUT2D eigenvalue weighted by Crippen LogP contribution is 2.47. The lowest BCUT2D eigenvalue weighted by atomic mass is 10.2. The van der Waals surface area contributed by atoms with E-state index in [1.807, 2.05) is 37.3 Å². The highest BCUT2D eigenvalue weighted by Gasteiger charge is 2.44. The normalized spacial score (nSPS) is 16.8. The molecule has 7 heteroatoms.